The Labute approximate surface area is 148 Å². The van der Waals surface area contributed by atoms with Crippen LogP contribution in [0, 0.1) is 23.2 Å². The third-order valence-electron chi connectivity index (χ3n) is 6.95. The first kappa shape index (κ1) is 16.9. The number of amides is 2. The average Bonchev–Trinajstić information content (AvgIpc) is 2.58. The van der Waals surface area contributed by atoms with Crippen LogP contribution in [0.5, 0.6) is 0 Å². The lowest BCUT2D eigenvalue weighted by molar-refractivity contribution is -0.175. The number of likely N-dealkylation sites (tertiary alicyclic amines) is 1. The highest BCUT2D eigenvalue weighted by molar-refractivity contribution is 5.88. The number of primary amides is 1. The van der Waals surface area contributed by atoms with Gasteiger partial charge in [0.2, 0.25) is 5.91 Å². The highest BCUT2D eigenvalue weighted by Gasteiger charge is 2.55. The summed E-state index contributed by atoms with van der Waals surface area (Å²) >= 11 is 0. The van der Waals surface area contributed by atoms with Crippen LogP contribution in [-0.2, 0) is 19.1 Å². The molecule has 6 heteroatoms. The Morgan fingerprint density at radius 3 is 2.16 bits per heavy atom. The van der Waals surface area contributed by atoms with Crippen LogP contribution in [-0.4, -0.2) is 41.9 Å². The van der Waals surface area contributed by atoms with Gasteiger partial charge in [-0.1, -0.05) is 0 Å². The van der Waals surface area contributed by atoms with Crippen LogP contribution >= 0.6 is 0 Å². The van der Waals surface area contributed by atoms with Gasteiger partial charge in [-0.2, -0.15) is 0 Å². The summed E-state index contributed by atoms with van der Waals surface area (Å²) < 4.78 is 5.49. The molecule has 1 aliphatic heterocycles. The van der Waals surface area contributed by atoms with E-state index in [2.05, 4.69) is 0 Å². The molecule has 5 fully saturated rings. The SMILES string of the molecule is NC(=O)[C@H]1CCCCN1C(=O)COC(=O)C12CC3CC(CC(C3)C1)C2. The molecule has 0 unspecified atom stereocenters. The maximum Gasteiger partial charge on any atom is 0.312 e. The van der Waals surface area contributed by atoms with Gasteiger partial charge in [0.1, 0.15) is 6.04 Å². The van der Waals surface area contributed by atoms with Crippen molar-refractivity contribution < 1.29 is 19.1 Å². The number of nitrogens with zero attached hydrogens (tertiary/aromatic N) is 1. The summed E-state index contributed by atoms with van der Waals surface area (Å²) in [6.07, 6.45) is 8.93. The highest BCUT2D eigenvalue weighted by Crippen LogP contribution is 2.60. The fourth-order valence-electron chi connectivity index (χ4n) is 6.25. The van der Waals surface area contributed by atoms with E-state index in [0.29, 0.717) is 30.7 Å². The second kappa shape index (κ2) is 6.29. The Kier molecular flexibility index (Phi) is 4.24. The number of piperidine rings is 1. The fraction of sp³-hybridized carbons (Fsp3) is 0.842. The molecule has 1 heterocycles. The third-order valence-corrected chi connectivity index (χ3v) is 6.95. The molecule has 0 aromatic rings. The number of carbonyl (C=O) groups excluding carboxylic acids is 3. The molecular formula is C19H28N2O4. The first-order chi connectivity index (χ1) is 12.0. The van der Waals surface area contributed by atoms with E-state index < -0.39 is 11.9 Å². The van der Waals surface area contributed by atoms with Crippen molar-refractivity contribution in [3.05, 3.63) is 0 Å². The molecule has 5 rings (SSSR count). The van der Waals surface area contributed by atoms with E-state index in [-0.39, 0.29) is 23.9 Å². The van der Waals surface area contributed by atoms with E-state index in [0.717, 1.165) is 32.1 Å². The summed E-state index contributed by atoms with van der Waals surface area (Å²) in [5.41, 5.74) is 5.07. The molecule has 2 amide bonds. The van der Waals surface area contributed by atoms with Crippen molar-refractivity contribution in [3.8, 4) is 0 Å². The van der Waals surface area contributed by atoms with Gasteiger partial charge in [-0.25, -0.2) is 0 Å². The number of esters is 1. The predicted molar refractivity (Wildman–Crippen MR) is 90.1 cm³/mol. The molecule has 138 valence electrons. The van der Waals surface area contributed by atoms with E-state index in [9.17, 15) is 14.4 Å². The summed E-state index contributed by atoms with van der Waals surface area (Å²) in [7, 11) is 0. The van der Waals surface area contributed by atoms with E-state index in [1.54, 1.807) is 0 Å². The van der Waals surface area contributed by atoms with Crippen molar-refractivity contribution in [2.75, 3.05) is 13.2 Å². The zero-order valence-electron chi connectivity index (χ0n) is 14.7. The van der Waals surface area contributed by atoms with Crippen LogP contribution < -0.4 is 5.73 Å². The molecule has 0 aromatic carbocycles. The smallest absolute Gasteiger partial charge is 0.312 e. The number of nitrogens with two attached hydrogens (primary N) is 1. The summed E-state index contributed by atoms with van der Waals surface area (Å²) in [5, 5.41) is 0. The third kappa shape index (κ3) is 3.04. The maximum absolute atomic E-state index is 12.8. The molecule has 4 bridgehead atoms. The highest BCUT2D eigenvalue weighted by atomic mass is 16.5. The van der Waals surface area contributed by atoms with Crippen molar-refractivity contribution >= 4 is 17.8 Å². The number of carbonyl (C=O) groups is 3. The minimum atomic E-state index is -0.556. The van der Waals surface area contributed by atoms with Gasteiger partial charge in [-0.15, -0.1) is 0 Å². The molecule has 0 spiro atoms. The Morgan fingerprint density at radius 1 is 1.00 bits per heavy atom. The van der Waals surface area contributed by atoms with Gasteiger partial charge in [-0.05, 0) is 75.5 Å². The van der Waals surface area contributed by atoms with Crippen LogP contribution in [0.25, 0.3) is 0 Å². The standard InChI is InChI=1S/C19H28N2O4/c20-17(23)15-3-1-2-4-21(15)16(22)11-25-18(24)19-8-12-5-13(9-19)7-14(6-12)10-19/h12-15H,1-11H2,(H2,20,23)/t12?,13?,14?,15-,19?/m1/s1. The lowest BCUT2D eigenvalue weighted by Crippen LogP contribution is -2.53. The summed E-state index contributed by atoms with van der Waals surface area (Å²) in [4.78, 5) is 38.4. The molecule has 1 saturated heterocycles. The molecule has 2 N–H and O–H groups in total. The van der Waals surface area contributed by atoms with Crippen LogP contribution in [0.2, 0.25) is 0 Å². The Morgan fingerprint density at radius 2 is 1.60 bits per heavy atom. The van der Waals surface area contributed by atoms with Crippen molar-refractivity contribution in [3.63, 3.8) is 0 Å². The van der Waals surface area contributed by atoms with Gasteiger partial charge in [0, 0.05) is 6.54 Å². The van der Waals surface area contributed by atoms with E-state index in [4.69, 9.17) is 10.5 Å². The van der Waals surface area contributed by atoms with Crippen LogP contribution in [0.1, 0.15) is 57.8 Å². The number of hydrogen-bond donors (Lipinski definition) is 1. The van der Waals surface area contributed by atoms with E-state index in [1.165, 1.54) is 24.2 Å². The summed E-state index contributed by atoms with van der Waals surface area (Å²) in [6, 6.07) is -0.556. The second-order valence-electron chi connectivity index (χ2n) is 8.78. The van der Waals surface area contributed by atoms with E-state index in [1.807, 2.05) is 0 Å². The molecule has 0 radical (unpaired) electrons. The van der Waals surface area contributed by atoms with Gasteiger partial charge < -0.3 is 15.4 Å². The number of hydrogen-bond acceptors (Lipinski definition) is 4. The lowest BCUT2D eigenvalue weighted by Gasteiger charge is -2.55. The van der Waals surface area contributed by atoms with Crippen molar-refractivity contribution in [2.24, 2.45) is 28.9 Å². The van der Waals surface area contributed by atoms with Crippen molar-refractivity contribution in [1.29, 1.82) is 0 Å². The number of rotatable bonds is 4. The Balaban J connectivity index is 1.37. The Bertz CT molecular complexity index is 553. The monoisotopic (exact) mass is 348 g/mol. The zero-order chi connectivity index (χ0) is 17.6. The zero-order valence-corrected chi connectivity index (χ0v) is 14.7. The first-order valence-electron chi connectivity index (χ1n) is 9.73. The molecule has 0 aromatic heterocycles. The quantitative estimate of drug-likeness (QED) is 0.782. The lowest BCUT2D eigenvalue weighted by atomic mass is 9.49. The fourth-order valence-corrected chi connectivity index (χ4v) is 6.25. The topological polar surface area (TPSA) is 89.7 Å². The van der Waals surface area contributed by atoms with Gasteiger partial charge >= 0.3 is 5.97 Å². The first-order valence-corrected chi connectivity index (χ1v) is 9.73. The molecular weight excluding hydrogens is 320 g/mol. The van der Waals surface area contributed by atoms with Gasteiger partial charge in [0.25, 0.3) is 5.91 Å². The molecule has 4 aliphatic carbocycles. The normalized spacial score (nSPS) is 39.3. The van der Waals surface area contributed by atoms with Gasteiger partial charge in [0.15, 0.2) is 6.61 Å². The summed E-state index contributed by atoms with van der Waals surface area (Å²) in [6.45, 7) is 0.256. The Hall–Kier alpha value is -1.59. The van der Waals surface area contributed by atoms with Crippen LogP contribution in [0.15, 0.2) is 0 Å². The van der Waals surface area contributed by atoms with E-state index >= 15 is 0 Å². The second-order valence-corrected chi connectivity index (χ2v) is 8.78. The molecule has 6 nitrogen and oxygen atoms in total. The maximum atomic E-state index is 12.8. The summed E-state index contributed by atoms with van der Waals surface area (Å²) in [5.74, 6) is 1.04. The minimum absolute atomic E-state index is 0.187. The van der Waals surface area contributed by atoms with Gasteiger partial charge in [-0.3, -0.25) is 14.4 Å². The molecule has 4 saturated carbocycles. The van der Waals surface area contributed by atoms with Crippen molar-refractivity contribution in [2.45, 2.75) is 63.8 Å². The molecule has 25 heavy (non-hydrogen) atoms. The largest absolute Gasteiger partial charge is 0.455 e. The van der Waals surface area contributed by atoms with Crippen LogP contribution in [0.4, 0.5) is 0 Å². The van der Waals surface area contributed by atoms with Crippen LogP contribution in [0.3, 0.4) is 0 Å². The van der Waals surface area contributed by atoms with Crippen molar-refractivity contribution in [1.82, 2.24) is 4.90 Å². The predicted octanol–water partition coefficient (Wildman–Crippen LogP) is 1.61. The average molecular weight is 348 g/mol. The molecule has 1 atom stereocenters. The minimum Gasteiger partial charge on any atom is -0.455 e. The van der Waals surface area contributed by atoms with Gasteiger partial charge in [0.05, 0.1) is 5.41 Å². The number of ether oxygens (including phenoxy) is 1. The molecule has 5 aliphatic rings.